The molecule has 0 bridgehead atoms. The van der Waals surface area contributed by atoms with Crippen molar-refractivity contribution in [1.82, 2.24) is 15.1 Å². The van der Waals surface area contributed by atoms with Crippen LogP contribution >= 0.6 is 0 Å². The van der Waals surface area contributed by atoms with Gasteiger partial charge in [0, 0.05) is 30.5 Å². The molecule has 0 saturated heterocycles. The fourth-order valence-corrected chi connectivity index (χ4v) is 2.73. The highest BCUT2D eigenvalue weighted by molar-refractivity contribution is 5.40. The lowest BCUT2D eigenvalue weighted by atomic mass is 9.88. The second-order valence-electron chi connectivity index (χ2n) is 6.20. The average molecular weight is 255 g/mol. The summed E-state index contributed by atoms with van der Waals surface area (Å²) in [6.07, 6.45) is 1.05. The molecule has 1 N–H and O–H groups in total. The lowest BCUT2D eigenvalue weighted by Gasteiger charge is -2.20. The van der Waals surface area contributed by atoms with Crippen LogP contribution in [0.4, 0.5) is 0 Å². The zero-order chi connectivity index (χ0) is 13.5. The van der Waals surface area contributed by atoms with Crippen molar-refractivity contribution >= 4 is 0 Å². The van der Waals surface area contributed by atoms with Gasteiger partial charge in [0.1, 0.15) is 0 Å². The number of nitrogens with one attached hydrogen (secondary N) is 1. The van der Waals surface area contributed by atoms with Crippen LogP contribution in [0.1, 0.15) is 37.7 Å². The summed E-state index contributed by atoms with van der Waals surface area (Å²) in [4.78, 5) is 0. The summed E-state index contributed by atoms with van der Waals surface area (Å²) in [6.45, 7) is 8.68. The molecule has 0 aliphatic carbocycles. The summed E-state index contributed by atoms with van der Waals surface area (Å²) in [5.41, 5.74) is 5.23. The Kier molecular flexibility index (Phi) is 2.94. The Hall–Kier alpha value is -1.61. The molecule has 1 aromatic carbocycles. The van der Waals surface area contributed by atoms with Crippen molar-refractivity contribution < 1.29 is 0 Å². The molecule has 0 fully saturated rings. The first-order valence-electron chi connectivity index (χ1n) is 6.95. The minimum Gasteiger partial charge on any atom is -0.312 e. The van der Waals surface area contributed by atoms with E-state index in [-0.39, 0.29) is 5.41 Å². The van der Waals surface area contributed by atoms with Crippen molar-refractivity contribution in [3.05, 3.63) is 47.3 Å². The zero-order valence-corrected chi connectivity index (χ0v) is 11.9. The second-order valence-corrected chi connectivity index (χ2v) is 6.20. The van der Waals surface area contributed by atoms with E-state index < -0.39 is 0 Å². The van der Waals surface area contributed by atoms with E-state index in [0.717, 1.165) is 25.2 Å². The van der Waals surface area contributed by atoms with E-state index in [2.05, 4.69) is 55.0 Å². The Balaban J connectivity index is 2.18. The van der Waals surface area contributed by atoms with Crippen LogP contribution in [0, 0.1) is 0 Å². The minimum absolute atomic E-state index is 0.0864. The van der Waals surface area contributed by atoms with Gasteiger partial charge in [0.05, 0.1) is 17.1 Å². The summed E-state index contributed by atoms with van der Waals surface area (Å²) >= 11 is 0. The number of hydrogen-bond acceptors (Lipinski definition) is 2. The van der Waals surface area contributed by atoms with Gasteiger partial charge in [-0.1, -0.05) is 39.0 Å². The maximum Gasteiger partial charge on any atom is 0.0730 e. The molecular formula is C16H21N3. The number of fused-ring (bicyclic) bond motifs is 1. The van der Waals surface area contributed by atoms with Crippen LogP contribution in [0.5, 0.6) is 0 Å². The molecule has 0 saturated carbocycles. The molecule has 2 heterocycles. The zero-order valence-electron chi connectivity index (χ0n) is 11.9. The van der Waals surface area contributed by atoms with E-state index >= 15 is 0 Å². The summed E-state index contributed by atoms with van der Waals surface area (Å²) in [5, 5.41) is 8.37. The summed E-state index contributed by atoms with van der Waals surface area (Å²) in [5.74, 6) is 0. The van der Waals surface area contributed by atoms with Crippen LogP contribution in [0.2, 0.25) is 0 Å². The van der Waals surface area contributed by atoms with Crippen molar-refractivity contribution in [2.45, 2.75) is 39.2 Å². The normalized spacial score (nSPS) is 15.3. The first-order chi connectivity index (χ1) is 9.07. The van der Waals surface area contributed by atoms with Gasteiger partial charge in [-0.2, -0.15) is 5.10 Å². The molecule has 0 atom stereocenters. The molecule has 19 heavy (non-hydrogen) atoms. The Bertz CT molecular complexity index is 576. The fourth-order valence-electron chi connectivity index (χ4n) is 2.73. The Morgan fingerprint density at radius 3 is 2.58 bits per heavy atom. The number of benzene rings is 1. The minimum atomic E-state index is 0.0864. The lowest BCUT2D eigenvalue weighted by Crippen LogP contribution is -2.26. The van der Waals surface area contributed by atoms with Gasteiger partial charge in [-0.25, -0.2) is 4.68 Å². The molecule has 0 amide bonds. The Morgan fingerprint density at radius 1 is 1.16 bits per heavy atom. The second kappa shape index (κ2) is 4.49. The van der Waals surface area contributed by atoms with Crippen LogP contribution < -0.4 is 5.32 Å². The molecule has 100 valence electrons. The maximum atomic E-state index is 4.91. The van der Waals surface area contributed by atoms with Crippen LogP contribution in [0.25, 0.3) is 5.69 Å². The van der Waals surface area contributed by atoms with E-state index in [1.165, 1.54) is 17.0 Å². The van der Waals surface area contributed by atoms with Gasteiger partial charge in [0.2, 0.25) is 0 Å². The highest BCUT2D eigenvalue weighted by Crippen LogP contribution is 2.30. The molecule has 1 aromatic heterocycles. The summed E-state index contributed by atoms with van der Waals surface area (Å²) in [6, 6.07) is 10.4. The van der Waals surface area contributed by atoms with E-state index in [0.29, 0.717) is 0 Å². The average Bonchev–Trinajstić information content (AvgIpc) is 2.79. The van der Waals surface area contributed by atoms with E-state index in [1.807, 2.05) is 6.07 Å². The van der Waals surface area contributed by atoms with Crippen molar-refractivity contribution in [3.8, 4) is 5.69 Å². The van der Waals surface area contributed by atoms with Crippen molar-refractivity contribution in [3.63, 3.8) is 0 Å². The number of nitrogens with zero attached hydrogens (tertiary/aromatic N) is 2. The Labute approximate surface area is 114 Å². The monoisotopic (exact) mass is 255 g/mol. The topological polar surface area (TPSA) is 29.9 Å². The van der Waals surface area contributed by atoms with E-state index in [4.69, 9.17) is 5.10 Å². The third-order valence-corrected chi connectivity index (χ3v) is 3.64. The fraction of sp³-hybridized carbons (Fsp3) is 0.438. The standard InChI is InChI=1S/C16H21N3/c1-16(2,3)15-13-11-17-10-9-14(13)19(18-15)12-7-5-4-6-8-12/h4-8,17H,9-11H2,1-3H3. The predicted octanol–water partition coefficient (Wildman–Crippen LogP) is 2.82. The first-order valence-corrected chi connectivity index (χ1v) is 6.95. The molecule has 1 aliphatic heterocycles. The predicted molar refractivity (Wildman–Crippen MR) is 77.7 cm³/mol. The van der Waals surface area contributed by atoms with Gasteiger partial charge >= 0.3 is 0 Å². The largest absolute Gasteiger partial charge is 0.312 e. The third kappa shape index (κ3) is 2.19. The summed E-state index contributed by atoms with van der Waals surface area (Å²) < 4.78 is 2.14. The number of aromatic nitrogens is 2. The van der Waals surface area contributed by atoms with E-state index in [9.17, 15) is 0 Å². The highest BCUT2D eigenvalue weighted by Gasteiger charge is 2.28. The third-order valence-electron chi connectivity index (χ3n) is 3.64. The number of para-hydroxylation sites is 1. The molecule has 3 heteroatoms. The summed E-state index contributed by atoms with van der Waals surface area (Å²) in [7, 11) is 0. The van der Waals surface area contributed by atoms with Gasteiger partial charge in [0.25, 0.3) is 0 Å². The SMILES string of the molecule is CC(C)(C)c1nn(-c2ccccc2)c2c1CNCC2. The van der Waals surface area contributed by atoms with E-state index in [1.54, 1.807) is 0 Å². The molecule has 0 radical (unpaired) electrons. The van der Waals surface area contributed by atoms with Crippen LogP contribution in [0.15, 0.2) is 30.3 Å². The molecule has 1 aliphatic rings. The Morgan fingerprint density at radius 2 is 1.89 bits per heavy atom. The van der Waals surface area contributed by atoms with Crippen LogP contribution in [-0.4, -0.2) is 16.3 Å². The van der Waals surface area contributed by atoms with Gasteiger partial charge in [-0.3, -0.25) is 0 Å². The molecule has 3 rings (SSSR count). The van der Waals surface area contributed by atoms with Gasteiger partial charge in [0.15, 0.2) is 0 Å². The van der Waals surface area contributed by atoms with Gasteiger partial charge in [-0.05, 0) is 12.1 Å². The molecule has 3 nitrogen and oxygen atoms in total. The number of hydrogen-bond donors (Lipinski definition) is 1. The quantitative estimate of drug-likeness (QED) is 0.849. The maximum absolute atomic E-state index is 4.91. The van der Waals surface area contributed by atoms with Gasteiger partial charge < -0.3 is 5.32 Å². The molecule has 2 aromatic rings. The molecular weight excluding hydrogens is 234 g/mol. The first kappa shape index (κ1) is 12.4. The molecule has 0 spiro atoms. The van der Waals surface area contributed by atoms with Crippen LogP contribution in [-0.2, 0) is 18.4 Å². The number of rotatable bonds is 1. The lowest BCUT2D eigenvalue weighted by molar-refractivity contribution is 0.548. The van der Waals surface area contributed by atoms with Gasteiger partial charge in [-0.15, -0.1) is 0 Å². The van der Waals surface area contributed by atoms with Crippen molar-refractivity contribution in [1.29, 1.82) is 0 Å². The van der Waals surface area contributed by atoms with Crippen molar-refractivity contribution in [2.24, 2.45) is 0 Å². The van der Waals surface area contributed by atoms with Crippen LogP contribution in [0.3, 0.4) is 0 Å². The molecule has 0 unspecified atom stereocenters. The van der Waals surface area contributed by atoms with Crippen molar-refractivity contribution in [2.75, 3.05) is 6.54 Å². The smallest absolute Gasteiger partial charge is 0.0730 e. The highest BCUT2D eigenvalue weighted by atomic mass is 15.3.